The van der Waals surface area contributed by atoms with Gasteiger partial charge in [0, 0.05) is 23.4 Å². The van der Waals surface area contributed by atoms with Crippen LogP contribution in [-0.4, -0.2) is 12.2 Å². The van der Waals surface area contributed by atoms with Gasteiger partial charge in [0.25, 0.3) is 5.91 Å². The molecule has 4 heteroatoms. The highest BCUT2D eigenvalue weighted by atomic mass is 16.1. The Morgan fingerprint density at radius 3 is 2.53 bits per heavy atom. The molecule has 0 aliphatic heterocycles. The van der Waals surface area contributed by atoms with Gasteiger partial charge in [0.1, 0.15) is 6.29 Å². The van der Waals surface area contributed by atoms with Gasteiger partial charge in [-0.2, -0.15) is 0 Å². The van der Waals surface area contributed by atoms with Crippen LogP contribution in [0.5, 0.6) is 0 Å². The van der Waals surface area contributed by atoms with E-state index in [-0.39, 0.29) is 5.91 Å². The van der Waals surface area contributed by atoms with E-state index in [1.807, 2.05) is 6.07 Å². The summed E-state index contributed by atoms with van der Waals surface area (Å²) in [7, 11) is 0. The van der Waals surface area contributed by atoms with E-state index in [4.69, 9.17) is 5.73 Å². The third kappa shape index (κ3) is 3.26. The summed E-state index contributed by atoms with van der Waals surface area (Å²) >= 11 is 0. The summed E-state index contributed by atoms with van der Waals surface area (Å²) in [5.41, 5.74) is 8.22. The van der Waals surface area contributed by atoms with E-state index < -0.39 is 0 Å². The Morgan fingerprint density at radius 2 is 1.89 bits per heavy atom. The Kier molecular flexibility index (Phi) is 4.05. The Balaban J connectivity index is 2.13. The Hall–Kier alpha value is -2.46. The van der Waals surface area contributed by atoms with Gasteiger partial charge in [-0.1, -0.05) is 12.1 Å². The topological polar surface area (TPSA) is 72.2 Å². The predicted octanol–water partition coefficient (Wildman–Crippen LogP) is 2.21. The fourth-order valence-corrected chi connectivity index (χ4v) is 1.69. The van der Waals surface area contributed by atoms with Crippen molar-refractivity contribution in [1.82, 2.24) is 0 Å². The summed E-state index contributed by atoms with van der Waals surface area (Å²) in [5.74, 6) is -0.200. The van der Waals surface area contributed by atoms with Crippen LogP contribution in [0.15, 0.2) is 48.5 Å². The first-order valence-electron chi connectivity index (χ1n) is 5.88. The van der Waals surface area contributed by atoms with Gasteiger partial charge in [-0.3, -0.25) is 9.59 Å². The van der Waals surface area contributed by atoms with E-state index in [2.05, 4.69) is 5.32 Å². The van der Waals surface area contributed by atoms with Gasteiger partial charge >= 0.3 is 0 Å². The number of amides is 1. The fourth-order valence-electron chi connectivity index (χ4n) is 1.69. The lowest BCUT2D eigenvalue weighted by Gasteiger charge is -2.06. The van der Waals surface area contributed by atoms with Crippen LogP contribution >= 0.6 is 0 Å². The molecule has 0 heterocycles. The summed E-state index contributed by atoms with van der Waals surface area (Å²) < 4.78 is 0. The molecule has 0 atom stereocenters. The van der Waals surface area contributed by atoms with Crippen molar-refractivity contribution in [2.45, 2.75) is 6.54 Å². The van der Waals surface area contributed by atoms with Crippen molar-refractivity contribution >= 4 is 17.9 Å². The molecule has 2 rings (SSSR count). The summed E-state index contributed by atoms with van der Waals surface area (Å²) in [6.45, 7) is 0.398. The number of carbonyl (C=O) groups is 2. The zero-order valence-electron chi connectivity index (χ0n) is 10.3. The zero-order chi connectivity index (χ0) is 13.7. The molecule has 19 heavy (non-hydrogen) atoms. The normalized spacial score (nSPS) is 9.95. The van der Waals surface area contributed by atoms with Gasteiger partial charge in [-0.05, 0) is 42.0 Å². The van der Waals surface area contributed by atoms with E-state index in [0.29, 0.717) is 23.4 Å². The minimum atomic E-state index is -0.200. The lowest BCUT2D eigenvalue weighted by Crippen LogP contribution is -2.12. The van der Waals surface area contributed by atoms with Crippen molar-refractivity contribution in [3.8, 4) is 0 Å². The molecule has 2 aromatic carbocycles. The van der Waals surface area contributed by atoms with Crippen molar-refractivity contribution in [3.05, 3.63) is 65.2 Å². The number of benzene rings is 2. The van der Waals surface area contributed by atoms with E-state index in [1.54, 1.807) is 42.5 Å². The third-order valence-corrected chi connectivity index (χ3v) is 2.73. The van der Waals surface area contributed by atoms with E-state index in [9.17, 15) is 9.59 Å². The molecule has 1 amide bonds. The Labute approximate surface area is 111 Å². The molecule has 2 aromatic rings. The van der Waals surface area contributed by atoms with Gasteiger partial charge in [0.2, 0.25) is 0 Å². The SMILES string of the molecule is NCc1cccc(C(=O)Nc2ccc(C=O)cc2)c1. The van der Waals surface area contributed by atoms with Gasteiger partial charge in [0.05, 0.1) is 0 Å². The zero-order valence-corrected chi connectivity index (χ0v) is 10.3. The van der Waals surface area contributed by atoms with Gasteiger partial charge in [-0.15, -0.1) is 0 Å². The summed E-state index contributed by atoms with van der Waals surface area (Å²) in [5, 5.41) is 2.77. The lowest BCUT2D eigenvalue weighted by atomic mass is 10.1. The number of nitrogens with one attached hydrogen (secondary N) is 1. The first-order valence-corrected chi connectivity index (χ1v) is 5.88. The second-order valence-corrected chi connectivity index (χ2v) is 4.10. The summed E-state index contributed by atoms with van der Waals surface area (Å²) in [4.78, 5) is 22.5. The smallest absolute Gasteiger partial charge is 0.255 e. The van der Waals surface area contributed by atoms with Crippen molar-refractivity contribution in [2.75, 3.05) is 5.32 Å². The molecule has 0 aliphatic rings. The monoisotopic (exact) mass is 254 g/mol. The van der Waals surface area contributed by atoms with Crippen molar-refractivity contribution in [1.29, 1.82) is 0 Å². The first-order chi connectivity index (χ1) is 9.22. The van der Waals surface area contributed by atoms with Crippen molar-refractivity contribution in [2.24, 2.45) is 5.73 Å². The summed E-state index contributed by atoms with van der Waals surface area (Å²) in [6, 6.07) is 13.8. The highest BCUT2D eigenvalue weighted by Crippen LogP contribution is 2.11. The highest BCUT2D eigenvalue weighted by molar-refractivity contribution is 6.04. The minimum absolute atomic E-state index is 0.200. The average Bonchev–Trinajstić information content (AvgIpc) is 2.48. The Bertz CT molecular complexity index is 591. The maximum atomic E-state index is 12.0. The molecule has 0 unspecified atom stereocenters. The van der Waals surface area contributed by atoms with Gasteiger partial charge < -0.3 is 11.1 Å². The number of carbonyl (C=O) groups excluding carboxylic acids is 2. The molecule has 0 aromatic heterocycles. The van der Waals surface area contributed by atoms with Crippen molar-refractivity contribution < 1.29 is 9.59 Å². The lowest BCUT2D eigenvalue weighted by molar-refractivity contribution is 0.102. The van der Waals surface area contributed by atoms with E-state index in [0.717, 1.165) is 11.8 Å². The number of rotatable bonds is 4. The molecule has 0 saturated carbocycles. The second kappa shape index (κ2) is 5.93. The number of anilines is 1. The second-order valence-electron chi connectivity index (χ2n) is 4.10. The molecule has 96 valence electrons. The minimum Gasteiger partial charge on any atom is -0.326 e. The van der Waals surface area contributed by atoms with Crippen LogP contribution in [0, 0.1) is 0 Å². The molecule has 0 bridgehead atoms. The Morgan fingerprint density at radius 1 is 1.16 bits per heavy atom. The molecule has 0 radical (unpaired) electrons. The quantitative estimate of drug-likeness (QED) is 0.822. The van der Waals surface area contributed by atoms with Crippen LogP contribution in [0.3, 0.4) is 0 Å². The van der Waals surface area contributed by atoms with Crippen LogP contribution in [0.4, 0.5) is 5.69 Å². The molecule has 4 nitrogen and oxygen atoms in total. The van der Waals surface area contributed by atoms with Gasteiger partial charge in [-0.25, -0.2) is 0 Å². The van der Waals surface area contributed by atoms with Crippen LogP contribution in [0.25, 0.3) is 0 Å². The average molecular weight is 254 g/mol. The summed E-state index contributed by atoms with van der Waals surface area (Å²) in [6.07, 6.45) is 0.760. The maximum Gasteiger partial charge on any atom is 0.255 e. The first kappa shape index (κ1) is 13.0. The van der Waals surface area contributed by atoms with Crippen LogP contribution in [0.1, 0.15) is 26.3 Å². The molecule has 0 spiro atoms. The molecule has 3 N–H and O–H groups in total. The van der Waals surface area contributed by atoms with Crippen LogP contribution < -0.4 is 11.1 Å². The van der Waals surface area contributed by atoms with Crippen LogP contribution in [-0.2, 0) is 6.54 Å². The molecule has 0 fully saturated rings. The molecule has 0 saturated heterocycles. The molecule has 0 aliphatic carbocycles. The van der Waals surface area contributed by atoms with Gasteiger partial charge in [0.15, 0.2) is 0 Å². The third-order valence-electron chi connectivity index (χ3n) is 2.73. The predicted molar refractivity (Wildman–Crippen MR) is 74.1 cm³/mol. The molecular weight excluding hydrogens is 240 g/mol. The van der Waals surface area contributed by atoms with Crippen LogP contribution in [0.2, 0.25) is 0 Å². The fraction of sp³-hybridized carbons (Fsp3) is 0.0667. The maximum absolute atomic E-state index is 12.0. The van der Waals surface area contributed by atoms with E-state index >= 15 is 0 Å². The molecular formula is C15H14N2O2. The highest BCUT2D eigenvalue weighted by Gasteiger charge is 2.06. The largest absolute Gasteiger partial charge is 0.326 e. The number of hydrogen-bond donors (Lipinski definition) is 2. The number of nitrogens with two attached hydrogens (primary N) is 1. The number of hydrogen-bond acceptors (Lipinski definition) is 3. The number of aldehydes is 1. The van der Waals surface area contributed by atoms with E-state index in [1.165, 1.54) is 0 Å². The van der Waals surface area contributed by atoms with Crippen molar-refractivity contribution in [3.63, 3.8) is 0 Å². The standard InChI is InChI=1S/C15H14N2O2/c16-9-12-2-1-3-13(8-12)15(19)17-14-6-4-11(10-18)5-7-14/h1-8,10H,9,16H2,(H,17,19).